The molecule has 2 rings (SSSR count). The number of hydrogen-bond donors (Lipinski definition) is 2. The van der Waals surface area contributed by atoms with Gasteiger partial charge in [0.25, 0.3) is 0 Å². The molecule has 0 aliphatic carbocycles. The highest BCUT2D eigenvalue weighted by Crippen LogP contribution is 2.36. The number of thiocarbonyl (C=S) groups is 1. The van der Waals surface area contributed by atoms with Gasteiger partial charge in [-0.05, 0) is 50.2 Å². The summed E-state index contributed by atoms with van der Waals surface area (Å²) in [4.78, 5) is 12.6. The van der Waals surface area contributed by atoms with Crippen molar-refractivity contribution in [3.63, 3.8) is 0 Å². The van der Waals surface area contributed by atoms with Gasteiger partial charge >= 0.3 is 12.6 Å². The summed E-state index contributed by atoms with van der Waals surface area (Å²) in [6, 6.07) is 3.94. The number of nitrogens with one attached hydrogen (secondary N) is 2. The zero-order valence-corrected chi connectivity index (χ0v) is 16.8. The second kappa shape index (κ2) is 10.2. The van der Waals surface area contributed by atoms with E-state index < -0.39 is 18.6 Å². The molecule has 2 N–H and O–H groups in total. The molecule has 28 heavy (non-hydrogen) atoms. The highest BCUT2D eigenvalue weighted by molar-refractivity contribution is 7.80. The third-order valence-corrected chi connectivity index (χ3v) is 4.19. The molecule has 0 radical (unpaired) electrons. The first-order valence-electron chi connectivity index (χ1n) is 9.10. The molecular formula is C19H24F2N2O4S. The summed E-state index contributed by atoms with van der Waals surface area (Å²) >= 11 is 5.28. The Labute approximate surface area is 168 Å². The van der Waals surface area contributed by atoms with Crippen LogP contribution in [0.2, 0.25) is 0 Å². The van der Waals surface area contributed by atoms with Crippen LogP contribution in [-0.2, 0) is 9.53 Å². The molecule has 0 bridgehead atoms. The molecule has 9 heteroatoms. The molecule has 6 nitrogen and oxygen atoms in total. The summed E-state index contributed by atoms with van der Waals surface area (Å²) in [5.41, 5.74) is 1.70. The van der Waals surface area contributed by atoms with Crippen molar-refractivity contribution in [1.29, 1.82) is 0 Å². The van der Waals surface area contributed by atoms with Crippen LogP contribution < -0.4 is 20.1 Å². The van der Waals surface area contributed by atoms with Crippen molar-refractivity contribution in [3.8, 4) is 11.5 Å². The van der Waals surface area contributed by atoms with Crippen LogP contribution >= 0.6 is 12.2 Å². The number of esters is 1. The summed E-state index contributed by atoms with van der Waals surface area (Å²) in [7, 11) is 0. The maximum Gasteiger partial charge on any atom is 0.387 e. The first-order valence-corrected chi connectivity index (χ1v) is 9.51. The molecule has 1 aliphatic rings. The molecule has 0 saturated carbocycles. The van der Waals surface area contributed by atoms with Crippen LogP contribution in [0.15, 0.2) is 29.5 Å². The van der Waals surface area contributed by atoms with E-state index in [1.807, 2.05) is 6.92 Å². The summed E-state index contributed by atoms with van der Waals surface area (Å²) in [5, 5.41) is 6.45. The Hall–Kier alpha value is -2.42. The van der Waals surface area contributed by atoms with Crippen LogP contribution in [0, 0.1) is 0 Å². The Morgan fingerprint density at radius 3 is 2.57 bits per heavy atom. The molecule has 1 aliphatic heterocycles. The maximum atomic E-state index is 12.7. The molecule has 1 aromatic carbocycles. The highest BCUT2D eigenvalue weighted by atomic mass is 32.1. The second-order valence-electron chi connectivity index (χ2n) is 5.91. The summed E-state index contributed by atoms with van der Waals surface area (Å²) in [5.74, 6) is -0.385. The average Bonchev–Trinajstić information content (AvgIpc) is 2.63. The predicted molar refractivity (Wildman–Crippen MR) is 104 cm³/mol. The molecule has 154 valence electrons. The lowest BCUT2D eigenvalue weighted by Crippen LogP contribution is -2.45. The van der Waals surface area contributed by atoms with Gasteiger partial charge in [-0.2, -0.15) is 8.78 Å². The van der Waals surface area contributed by atoms with Crippen molar-refractivity contribution in [2.75, 3.05) is 13.2 Å². The van der Waals surface area contributed by atoms with Gasteiger partial charge in [0.1, 0.15) is 0 Å². The zero-order valence-electron chi connectivity index (χ0n) is 16.0. The Morgan fingerprint density at radius 2 is 1.96 bits per heavy atom. The van der Waals surface area contributed by atoms with E-state index >= 15 is 0 Å². The fraction of sp³-hybridized carbons (Fsp3) is 0.474. The average molecular weight is 414 g/mol. The van der Waals surface area contributed by atoms with Crippen molar-refractivity contribution < 1.29 is 27.8 Å². The van der Waals surface area contributed by atoms with Crippen LogP contribution in [0.4, 0.5) is 8.78 Å². The minimum Gasteiger partial charge on any atom is -0.490 e. The number of ether oxygens (including phenoxy) is 3. The predicted octanol–water partition coefficient (Wildman–Crippen LogP) is 3.82. The number of alkyl halides is 2. The van der Waals surface area contributed by atoms with E-state index in [1.54, 1.807) is 26.0 Å². The van der Waals surface area contributed by atoms with Crippen LogP contribution in [0.25, 0.3) is 0 Å². The molecular weight excluding hydrogens is 390 g/mol. The molecule has 1 aromatic rings. The monoisotopic (exact) mass is 414 g/mol. The molecule has 0 amide bonds. The molecule has 0 spiro atoms. The van der Waals surface area contributed by atoms with Crippen LogP contribution in [0.3, 0.4) is 0 Å². The van der Waals surface area contributed by atoms with Gasteiger partial charge in [-0.25, -0.2) is 4.79 Å². The number of carbonyl (C=O) groups is 1. The van der Waals surface area contributed by atoms with Crippen LogP contribution in [-0.4, -0.2) is 30.9 Å². The van der Waals surface area contributed by atoms with Crippen molar-refractivity contribution in [1.82, 2.24) is 10.6 Å². The molecule has 0 fully saturated rings. The van der Waals surface area contributed by atoms with Crippen LogP contribution in [0.1, 0.15) is 45.2 Å². The number of rotatable bonds is 9. The van der Waals surface area contributed by atoms with E-state index in [9.17, 15) is 13.6 Å². The van der Waals surface area contributed by atoms with E-state index in [1.165, 1.54) is 6.07 Å². The van der Waals surface area contributed by atoms with Gasteiger partial charge in [-0.1, -0.05) is 19.4 Å². The van der Waals surface area contributed by atoms with Crippen molar-refractivity contribution in [3.05, 3.63) is 35.0 Å². The first kappa shape index (κ1) is 21.9. The van der Waals surface area contributed by atoms with Gasteiger partial charge in [0.2, 0.25) is 0 Å². The van der Waals surface area contributed by atoms with Crippen molar-refractivity contribution >= 4 is 23.3 Å². The number of carbonyl (C=O) groups excluding carboxylic acids is 1. The lowest BCUT2D eigenvalue weighted by molar-refractivity contribution is -0.139. The SMILES string of the molecule is CCCC1=C(C(=O)OCC)[C@H](c2ccc(OC(F)F)c(OCC)c2)NC(=S)N1. The normalized spacial score (nSPS) is 16.5. The third-order valence-electron chi connectivity index (χ3n) is 3.97. The molecule has 0 saturated heterocycles. The lowest BCUT2D eigenvalue weighted by Gasteiger charge is -2.31. The first-order chi connectivity index (χ1) is 13.4. The summed E-state index contributed by atoms with van der Waals surface area (Å²) in [6.07, 6.45) is 1.41. The third kappa shape index (κ3) is 5.31. The Kier molecular flexibility index (Phi) is 7.98. The van der Waals surface area contributed by atoms with Gasteiger partial charge in [-0.15, -0.1) is 0 Å². The topological polar surface area (TPSA) is 68.8 Å². The molecule has 1 heterocycles. The largest absolute Gasteiger partial charge is 0.490 e. The number of halogens is 2. The van der Waals surface area contributed by atoms with E-state index in [4.69, 9.17) is 21.7 Å². The number of benzene rings is 1. The quantitative estimate of drug-likeness (QED) is 0.470. The molecule has 1 atom stereocenters. The highest BCUT2D eigenvalue weighted by Gasteiger charge is 2.32. The summed E-state index contributed by atoms with van der Waals surface area (Å²) in [6.45, 7) is 2.97. The van der Waals surface area contributed by atoms with E-state index in [0.717, 1.165) is 6.42 Å². The van der Waals surface area contributed by atoms with Gasteiger partial charge in [0.15, 0.2) is 16.6 Å². The van der Waals surface area contributed by atoms with Gasteiger partial charge in [-0.3, -0.25) is 0 Å². The Balaban J connectivity index is 2.51. The Bertz CT molecular complexity index is 755. The van der Waals surface area contributed by atoms with Gasteiger partial charge in [0.05, 0.1) is 24.8 Å². The molecule has 0 unspecified atom stereocenters. The minimum atomic E-state index is -2.97. The standard InChI is InChI=1S/C19H24F2N2O4S/c1-4-7-12-15(17(24)26-6-3)16(23-19(28)22-12)11-8-9-13(27-18(20)21)14(10-11)25-5-2/h8-10,16,18H,4-7H2,1-3H3,(H2,22,23,28)/t16-/m0/s1. The number of allylic oxidation sites excluding steroid dienone is 1. The van der Waals surface area contributed by atoms with E-state index in [0.29, 0.717) is 28.4 Å². The smallest absolute Gasteiger partial charge is 0.387 e. The fourth-order valence-electron chi connectivity index (χ4n) is 2.93. The second-order valence-corrected chi connectivity index (χ2v) is 6.32. The fourth-order valence-corrected chi connectivity index (χ4v) is 3.17. The zero-order chi connectivity index (χ0) is 20.7. The van der Waals surface area contributed by atoms with Crippen molar-refractivity contribution in [2.45, 2.75) is 46.3 Å². The number of hydrogen-bond acceptors (Lipinski definition) is 5. The van der Waals surface area contributed by atoms with E-state index in [-0.39, 0.29) is 24.7 Å². The summed E-state index contributed by atoms with van der Waals surface area (Å²) < 4.78 is 40.5. The van der Waals surface area contributed by atoms with E-state index in [2.05, 4.69) is 15.4 Å². The van der Waals surface area contributed by atoms with Gasteiger partial charge in [0, 0.05) is 5.70 Å². The maximum absolute atomic E-state index is 12.7. The lowest BCUT2D eigenvalue weighted by atomic mass is 9.93. The van der Waals surface area contributed by atoms with Gasteiger partial charge < -0.3 is 24.8 Å². The molecule has 0 aromatic heterocycles. The minimum absolute atomic E-state index is 0.0763. The van der Waals surface area contributed by atoms with Crippen molar-refractivity contribution in [2.24, 2.45) is 0 Å². The van der Waals surface area contributed by atoms with Crippen LogP contribution in [0.5, 0.6) is 11.5 Å². The Morgan fingerprint density at radius 1 is 1.21 bits per heavy atom.